The molecule has 0 amide bonds. The molecule has 2 N–H and O–H groups in total. The molecule has 2 heterocycles. The number of ether oxygens (including phenoxy) is 1. The predicted octanol–water partition coefficient (Wildman–Crippen LogP) is 1.85. The number of nitrogens with zero attached hydrogens (tertiary/aromatic N) is 1. The van der Waals surface area contributed by atoms with Crippen LogP contribution < -0.4 is 10.6 Å². The minimum Gasteiger partial charge on any atom is -0.373 e. The molecular formula is C16H22FN3O. The second-order valence-corrected chi connectivity index (χ2v) is 5.70. The van der Waals surface area contributed by atoms with Crippen molar-refractivity contribution in [3.63, 3.8) is 0 Å². The molecule has 0 spiro atoms. The zero-order chi connectivity index (χ0) is 14.7. The van der Waals surface area contributed by atoms with Gasteiger partial charge in [0, 0.05) is 13.6 Å². The molecule has 5 heteroatoms. The van der Waals surface area contributed by atoms with E-state index in [-0.39, 0.29) is 5.82 Å². The van der Waals surface area contributed by atoms with Crippen LogP contribution in [-0.4, -0.2) is 37.8 Å². The van der Waals surface area contributed by atoms with Crippen molar-refractivity contribution in [2.24, 2.45) is 4.99 Å². The summed E-state index contributed by atoms with van der Waals surface area (Å²) in [5.74, 6) is 0.622. The van der Waals surface area contributed by atoms with E-state index in [1.54, 1.807) is 13.1 Å². The van der Waals surface area contributed by atoms with E-state index >= 15 is 0 Å². The third-order valence-electron chi connectivity index (χ3n) is 4.30. The monoisotopic (exact) mass is 291 g/mol. The zero-order valence-corrected chi connectivity index (χ0v) is 12.3. The molecule has 1 aromatic carbocycles. The van der Waals surface area contributed by atoms with E-state index in [1.807, 2.05) is 12.1 Å². The molecule has 2 aliphatic heterocycles. The van der Waals surface area contributed by atoms with E-state index in [1.165, 1.54) is 12.5 Å². The predicted molar refractivity (Wildman–Crippen MR) is 80.9 cm³/mol. The Kier molecular flexibility index (Phi) is 4.39. The van der Waals surface area contributed by atoms with Crippen LogP contribution in [0.5, 0.6) is 0 Å². The largest absolute Gasteiger partial charge is 0.373 e. The fourth-order valence-corrected chi connectivity index (χ4v) is 3.18. The summed E-state index contributed by atoms with van der Waals surface area (Å²) in [5.41, 5.74) is 0.726. The second kappa shape index (κ2) is 6.43. The van der Waals surface area contributed by atoms with E-state index in [0.717, 1.165) is 24.4 Å². The Balaban J connectivity index is 1.46. The van der Waals surface area contributed by atoms with Crippen LogP contribution in [0.1, 0.15) is 24.8 Å². The smallest absolute Gasteiger partial charge is 0.191 e. The number of aliphatic imine (C=N–C) groups is 1. The van der Waals surface area contributed by atoms with Gasteiger partial charge in [-0.05, 0) is 37.3 Å². The fourth-order valence-electron chi connectivity index (χ4n) is 3.18. The molecule has 4 nitrogen and oxygen atoms in total. The maximum absolute atomic E-state index is 13.5. The van der Waals surface area contributed by atoms with Crippen molar-refractivity contribution in [2.45, 2.75) is 43.9 Å². The van der Waals surface area contributed by atoms with Crippen molar-refractivity contribution in [3.05, 3.63) is 35.6 Å². The summed E-state index contributed by atoms with van der Waals surface area (Å²) in [4.78, 5) is 4.23. The average molecular weight is 291 g/mol. The minimum absolute atomic E-state index is 0.149. The highest BCUT2D eigenvalue weighted by atomic mass is 19.1. The Morgan fingerprint density at radius 1 is 1.38 bits per heavy atom. The number of hydrogen-bond acceptors (Lipinski definition) is 2. The van der Waals surface area contributed by atoms with Gasteiger partial charge in [0.2, 0.25) is 0 Å². The van der Waals surface area contributed by atoms with Gasteiger partial charge in [-0.1, -0.05) is 18.2 Å². The Bertz CT molecular complexity index is 520. The van der Waals surface area contributed by atoms with Gasteiger partial charge >= 0.3 is 0 Å². The van der Waals surface area contributed by atoms with Crippen molar-refractivity contribution >= 4 is 5.96 Å². The lowest BCUT2D eigenvalue weighted by atomic mass is 9.96. The van der Waals surface area contributed by atoms with Gasteiger partial charge in [-0.2, -0.15) is 0 Å². The Hall–Kier alpha value is -1.62. The SMILES string of the molecule is CN=C(NCCc1ccccc1F)NC1CC2CCC1O2. The molecule has 0 aromatic heterocycles. The number of halogens is 1. The number of benzene rings is 1. The summed E-state index contributed by atoms with van der Waals surface area (Å²) in [7, 11) is 1.76. The fraction of sp³-hybridized carbons (Fsp3) is 0.562. The average Bonchev–Trinajstić information content (AvgIpc) is 3.10. The number of guanidine groups is 1. The molecule has 0 saturated carbocycles. The van der Waals surface area contributed by atoms with Gasteiger partial charge in [-0.25, -0.2) is 4.39 Å². The molecule has 0 aliphatic carbocycles. The number of rotatable bonds is 4. The first-order valence-corrected chi connectivity index (χ1v) is 7.62. The lowest BCUT2D eigenvalue weighted by molar-refractivity contribution is 0.0992. The summed E-state index contributed by atoms with van der Waals surface area (Å²) in [5, 5.41) is 6.67. The first-order valence-electron chi connectivity index (χ1n) is 7.62. The number of nitrogens with one attached hydrogen (secondary N) is 2. The molecule has 3 atom stereocenters. The van der Waals surface area contributed by atoms with Crippen LogP contribution in [0, 0.1) is 5.82 Å². The van der Waals surface area contributed by atoms with E-state index < -0.39 is 0 Å². The quantitative estimate of drug-likeness (QED) is 0.657. The standard InChI is InChI=1S/C16H22FN3O/c1-18-16(20-14-10-12-6-7-15(14)21-12)19-9-8-11-4-2-3-5-13(11)17/h2-5,12,14-15H,6-10H2,1H3,(H2,18,19,20). The van der Waals surface area contributed by atoms with Gasteiger partial charge in [-0.3, -0.25) is 4.99 Å². The van der Waals surface area contributed by atoms with Crippen molar-refractivity contribution in [2.75, 3.05) is 13.6 Å². The lowest BCUT2D eigenvalue weighted by Gasteiger charge is -2.22. The highest BCUT2D eigenvalue weighted by Gasteiger charge is 2.41. The molecular weight excluding hydrogens is 269 g/mol. The zero-order valence-electron chi connectivity index (χ0n) is 12.3. The van der Waals surface area contributed by atoms with Crippen LogP contribution in [0.3, 0.4) is 0 Å². The lowest BCUT2D eigenvalue weighted by Crippen LogP contribution is -2.47. The number of fused-ring (bicyclic) bond motifs is 2. The van der Waals surface area contributed by atoms with Gasteiger partial charge in [0.15, 0.2) is 5.96 Å². The first kappa shape index (κ1) is 14.3. The molecule has 1 aromatic rings. The minimum atomic E-state index is -0.149. The topological polar surface area (TPSA) is 45.7 Å². The molecule has 3 rings (SSSR count). The first-order chi connectivity index (χ1) is 10.3. The molecule has 21 heavy (non-hydrogen) atoms. The normalized spacial score (nSPS) is 27.9. The van der Waals surface area contributed by atoms with Crippen LogP contribution in [0.2, 0.25) is 0 Å². The van der Waals surface area contributed by atoms with Gasteiger partial charge in [0.1, 0.15) is 5.82 Å². The Morgan fingerprint density at radius 2 is 2.24 bits per heavy atom. The van der Waals surface area contributed by atoms with E-state index in [2.05, 4.69) is 15.6 Å². The summed E-state index contributed by atoms with van der Waals surface area (Å²) in [6, 6.07) is 7.23. The second-order valence-electron chi connectivity index (χ2n) is 5.70. The van der Waals surface area contributed by atoms with Crippen LogP contribution in [-0.2, 0) is 11.2 Å². The molecule has 3 unspecified atom stereocenters. The third-order valence-corrected chi connectivity index (χ3v) is 4.30. The molecule has 2 fully saturated rings. The highest BCUT2D eigenvalue weighted by Crippen LogP contribution is 2.34. The summed E-state index contributed by atoms with van der Waals surface area (Å²) < 4.78 is 19.4. The van der Waals surface area contributed by atoms with Crippen LogP contribution in [0.15, 0.2) is 29.3 Å². The Morgan fingerprint density at radius 3 is 2.90 bits per heavy atom. The third kappa shape index (κ3) is 3.35. The maximum Gasteiger partial charge on any atom is 0.191 e. The molecule has 2 bridgehead atoms. The summed E-state index contributed by atoms with van der Waals surface area (Å²) in [6.45, 7) is 0.655. The van der Waals surface area contributed by atoms with Crippen LogP contribution in [0.4, 0.5) is 4.39 Å². The van der Waals surface area contributed by atoms with Gasteiger partial charge < -0.3 is 15.4 Å². The summed E-state index contributed by atoms with van der Waals surface area (Å²) in [6.07, 6.45) is 4.75. The van der Waals surface area contributed by atoms with Crippen molar-refractivity contribution in [1.82, 2.24) is 10.6 Å². The van der Waals surface area contributed by atoms with E-state index in [0.29, 0.717) is 31.2 Å². The molecule has 2 saturated heterocycles. The Labute approximate surface area is 124 Å². The molecule has 114 valence electrons. The van der Waals surface area contributed by atoms with Crippen LogP contribution in [0.25, 0.3) is 0 Å². The van der Waals surface area contributed by atoms with Crippen molar-refractivity contribution in [3.8, 4) is 0 Å². The van der Waals surface area contributed by atoms with Crippen molar-refractivity contribution in [1.29, 1.82) is 0 Å². The van der Waals surface area contributed by atoms with Gasteiger partial charge in [0.25, 0.3) is 0 Å². The van der Waals surface area contributed by atoms with Crippen molar-refractivity contribution < 1.29 is 9.13 Å². The van der Waals surface area contributed by atoms with E-state index in [9.17, 15) is 4.39 Å². The highest BCUT2D eigenvalue weighted by molar-refractivity contribution is 5.80. The van der Waals surface area contributed by atoms with Crippen LogP contribution >= 0.6 is 0 Å². The maximum atomic E-state index is 13.5. The summed E-state index contributed by atoms with van der Waals surface area (Å²) >= 11 is 0. The van der Waals surface area contributed by atoms with Gasteiger partial charge in [0.05, 0.1) is 18.2 Å². The van der Waals surface area contributed by atoms with E-state index in [4.69, 9.17) is 4.74 Å². The van der Waals surface area contributed by atoms with Gasteiger partial charge in [-0.15, -0.1) is 0 Å². The number of hydrogen-bond donors (Lipinski definition) is 2. The molecule has 2 aliphatic rings. The molecule has 0 radical (unpaired) electrons.